The van der Waals surface area contributed by atoms with Crippen LogP contribution >= 0.6 is 0 Å². The van der Waals surface area contributed by atoms with Gasteiger partial charge in [0.05, 0.1) is 0 Å². The van der Waals surface area contributed by atoms with Crippen molar-refractivity contribution in [1.29, 1.82) is 0 Å². The molecule has 0 aromatic rings. The predicted molar refractivity (Wildman–Crippen MR) is 25.4 cm³/mol. The molecular weight excluding hydrogens is 80.1 g/mol. The number of hydrogen-bond donors (Lipinski definition) is 1. The van der Waals surface area contributed by atoms with Gasteiger partial charge in [0.25, 0.3) is 0 Å². The van der Waals surface area contributed by atoms with Crippen molar-refractivity contribution < 1.29 is 4.80 Å². The Morgan fingerprint density at radius 2 is 2.60 bits per heavy atom. The van der Waals surface area contributed by atoms with E-state index in [-0.39, 0.29) is 0 Å². The average Bonchev–Trinajstić information content (AvgIpc) is 1.41. The highest BCUT2D eigenvalue weighted by Gasteiger charge is 1.72. The van der Waals surface area contributed by atoms with Crippen molar-refractivity contribution in [3.63, 3.8) is 0 Å². The van der Waals surface area contributed by atoms with Gasteiger partial charge in [0, 0.05) is 0 Å². The Kier molecular flexibility index (Phi) is 4.32. The Hall–Kier alpha value is 0.177. The van der Waals surface area contributed by atoms with Gasteiger partial charge in [0.2, 0.25) is 0 Å². The van der Waals surface area contributed by atoms with Crippen LogP contribution in [-0.2, 0) is 0 Å². The second-order valence-electron chi connectivity index (χ2n) is 0.879. The smallest absolute Gasteiger partial charge is 0.159 e. The molecule has 0 heterocycles. The lowest BCUT2D eigenvalue weighted by atomic mass is 10.6. The molecule has 0 fully saturated rings. The van der Waals surface area contributed by atoms with E-state index in [1.165, 1.54) is 0 Å². The Bertz CT molecular complexity index is 14.4. The molecule has 0 aromatic carbocycles. The minimum absolute atomic E-state index is 0.711. The Morgan fingerprint density at radius 3 is 2.60 bits per heavy atom. The lowest BCUT2D eigenvalue weighted by Crippen LogP contribution is -1.83. The average molecular weight is 89.2 g/mol. The van der Waals surface area contributed by atoms with E-state index < -0.39 is 9.76 Å². The van der Waals surface area contributed by atoms with Gasteiger partial charge in [-0.15, -0.1) is 0 Å². The fraction of sp³-hybridized carbons (Fsp3) is 0.667. The summed E-state index contributed by atoms with van der Waals surface area (Å²) in [5, 5.41) is 0. The minimum atomic E-state index is -0.711. The Morgan fingerprint density at radius 1 is 2.00 bits per heavy atom. The normalized spacial score (nSPS) is 10.8. The van der Waals surface area contributed by atoms with E-state index in [1.54, 1.807) is 0 Å². The number of hydrogen-bond acceptors (Lipinski definition) is 1. The topological polar surface area (TPSA) is 20.2 Å². The lowest BCUT2D eigenvalue weighted by molar-refractivity contribution is 0.608. The zero-order chi connectivity index (χ0) is 4.12. The second-order valence-corrected chi connectivity index (χ2v) is 1.82. The fourth-order valence-corrected chi connectivity index (χ4v) is 0.387. The molecule has 0 atom stereocenters. The van der Waals surface area contributed by atoms with Gasteiger partial charge < -0.3 is 4.80 Å². The van der Waals surface area contributed by atoms with E-state index in [4.69, 9.17) is 4.80 Å². The predicted octanol–water partition coefficient (Wildman–Crippen LogP) is -0.366. The van der Waals surface area contributed by atoms with Gasteiger partial charge in [-0.1, -0.05) is 13.3 Å². The maximum atomic E-state index is 8.15. The van der Waals surface area contributed by atoms with Crippen molar-refractivity contribution >= 4 is 9.76 Å². The molecule has 0 rings (SSSR count). The molecule has 0 spiro atoms. The lowest BCUT2D eigenvalue weighted by Gasteiger charge is -1.77. The van der Waals surface area contributed by atoms with Gasteiger partial charge >= 0.3 is 0 Å². The van der Waals surface area contributed by atoms with E-state index in [1.807, 2.05) is 13.0 Å². The molecule has 0 aromatic heterocycles. The van der Waals surface area contributed by atoms with Crippen LogP contribution in [0.25, 0.3) is 0 Å². The molecule has 0 saturated carbocycles. The van der Waals surface area contributed by atoms with Crippen LogP contribution < -0.4 is 0 Å². The molecule has 1 N–H and O–H groups in total. The van der Waals surface area contributed by atoms with Crippen molar-refractivity contribution in [2.24, 2.45) is 0 Å². The summed E-state index contributed by atoms with van der Waals surface area (Å²) in [4.78, 5) is 8.15. The summed E-state index contributed by atoms with van der Waals surface area (Å²) in [5.74, 6) is 0. The molecule has 0 saturated heterocycles. The van der Waals surface area contributed by atoms with E-state index in [9.17, 15) is 0 Å². The van der Waals surface area contributed by atoms with Gasteiger partial charge in [-0.05, 0) is 6.04 Å². The van der Waals surface area contributed by atoms with Crippen LogP contribution in [0.5, 0.6) is 0 Å². The second kappa shape index (κ2) is 4.18. The van der Waals surface area contributed by atoms with E-state index in [2.05, 4.69) is 0 Å². The van der Waals surface area contributed by atoms with Gasteiger partial charge in [0.1, 0.15) is 0 Å². The zero-order valence-electron chi connectivity index (χ0n) is 3.44. The third-order valence-corrected chi connectivity index (χ3v) is 1.25. The summed E-state index contributed by atoms with van der Waals surface area (Å²) in [6.07, 6.45) is 1.03. The molecule has 2 heteroatoms. The van der Waals surface area contributed by atoms with Crippen molar-refractivity contribution in [3.05, 3.63) is 6.04 Å². The van der Waals surface area contributed by atoms with Crippen LogP contribution in [0.3, 0.4) is 0 Å². The Balaban J connectivity index is 2.19. The molecule has 0 aliphatic carbocycles. The standard InChI is InChI=1S/C3H9OSi/c1-2-3-5-4/h3-4H,2,5H2,1H3. The first kappa shape index (κ1) is 5.18. The van der Waals surface area contributed by atoms with E-state index in [0.717, 1.165) is 6.42 Å². The summed E-state index contributed by atoms with van der Waals surface area (Å²) in [6, 6.07) is 1.94. The first-order valence-electron chi connectivity index (χ1n) is 1.84. The summed E-state index contributed by atoms with van der Waals surface area (Å²) in [6.45, 7) is 2.03. The molecule has 31 valence electrons. The van der Waals surface area contributed by atoms with Gasteiger partial charge in [-0.25, -0.2) is 0 Å². The van der Waals surface area contributed by atoms with Crippen molar-refractivity contribution in [2.45, 2.75) is 13.3 Å². The SMILES string of the molecule is CC[CH][SiH2]O. The molecule has 0 bridgehead atoms. The van der Waals surface area contributed by atoms with E-state index >= 15 is 0 Å². The third kappa shape index (κ3) is 4.18. The molecule has 5 heavy (non-hydrogen) atoms. The van der Waals surface area contributed by atoms with Crippen LogP contribution in [0.1, 0.15) is 13.3 Å². The molecule has 1 radical (unpaired) electrons. The third-order valence-electron chi connectivity index (χ3n) is 0.418. The Labute approximate surface area is 35.0 Å². The number of rotatable bonds is 2. The highest BCUT2D eigenvalue weighted by atomic mass is 28.2. The summed E-state index contributed by atoms with van der Waals surface area (Å²) >= 11 is 0. The molecule has 0 aliphatic heterocycles. The molecule has 0 amide bonds. The van der Waals surface area contributed by atoms with Gasteiger partial charge in [0.15, 0.2) is 9.76 Å². The van der Waals surface area contributed by atoms with Crippen LogP contribution in [0.4, 0.5) is 0 Å². The summed E-state index contributed by atoms with van der Waals surface area (Å²) in [5.41, 5.74) is 0. The van der Waals surface area contributed by atoms with Crippen LogP contribution in [0.2, 0.25) is 0 Å². The zero-order valence-corrected chi connectivity index (χ0v) is 4.85. The maximum Gasteiger partial charge on any atom is 0.159 e. The first-order chi connectivity index (χ1) is 2.41. The molecular formula is C3H9OSi. The van der Waals surface area contributed by atoms with E-state index in [0.29, 0.717) is 0 Å². The van der Waals surface area contributed by atoms with Gasteiger partial charge in [-0.2, -0.15) is 0 Å². The fourth-order valence-electron chi connectivity index (χ4n) is 0.129. The molecule has 0 aliphatic rings. The van der Waals surface area contributed by atoms with Crippen LogP contribution in [0.15, 0.2) is 0 Å². The van der Waals surface area contributed by atoms with Crippen LogP contribution in [-0.4, -0.2) is 14.6 Å². The first-order valence-corrected chi connectivity index (χ1v) is 3.29. The maximum absolute atomic E-state index is 8.15. The van der Waals surface area contributed by atoms with Crippen molar-refractivity contribution in [3.8, 4) is 0 Å². The summed E-state index contributed by atoms with van der Waals surface area (Å²) in [7, 11) is -0.711. The molecule has 0 unspecified atom stereocenters. The van der Waals surface area contributed by atoms with Crippen molar-refractivity contribution in [1.82, 2.24) is 0 Å². The molecule has 1 nitrogen and oxygen atoms in total. The van der Waals surface area contributed by atoms with Crippen molar-refractivity contribution in [2.75, 3.05) is 0 Å². The monoisotopic (exact) mass is 89.0 g/mol. The highest BCUT2D eigenvalue weighted by Crippen LogP contribution is 1.74. The summed E-state index contributed by atoms with van der Waals surface area (Å²) < 4.78 is 0. The quantitative estimate of drug-likeness (QED) is 0.458. The minimum Gasteiger partial charge on any atom is -0.438 e. The van der Waals surface area contributed by atoms with Crippen LogP contribution in [0, 0.1) is 6.04 Å². The highest BCUT2D eigenvalue weighted by molar-refractivity contribution is 6.30. The van der Waals surface area contributed by atoms with Gasteiger partial charge in [-0.3, -0.25) is 0 Å². The largest absolute Gasteiger partial charge is 0.438 e.